The Morgan fingerprint density at radius 1 is 1.08 bits per heavy atom. The van der Waals surface area contributed by atoms with Crippen molar-refractivity contribution in [2.75, 3.05) is 31.1 Å². The maximum atomic E-state index is 12.6. The number of fused-ring (bicyclic) bond motifs is 1. The van der Waals surface area contributed by atoms with Gasteiger partial charge in [0.1, 0.15) is 23.5 Å². The number of carbonyl (C=O) groups is 1. The normalized spacial score (nSPS) is 15.1. The highest BCUT2D eigenvalue weighted by Gasteiger charge is 2.22. The summed E-state index contributed by atoms with van der Waals surface area (Å²) in [5.41, 5.74) is 0.910. The van der Waals surface area contributed by atoms with Gasteiger partial charge < -0.3 is 9.80 Å². The Hall–Kier alpha value is -3.29. The number of hydrogen-bond acceptors (Lipinski definition) is 6. The Morgan fingerprint density at radius 3 is 2.85 bits per heavy atom. The van der Waals surface area contributed by atoms with Crippen LogP contribution in [0.15, 0.2) is 53.8 Å². The van der Waals surface area contributed by atoms with Crippen molar-refractivity contribution in [3.8, 4) is 0 Å². The van der Waals surface area contributed by atoms with Crippen LogP contribution in [0.5, 0.6) is 0 Å². The van der Waals surface area contributed by atoms with Crippen molar-refractivity contribution in [3.63, 3.8) is 0 Å². The van der Waals surface area contributed by atoms with Crippen LogP contribution in [0.1, 0.15) is 16.9 Å². The smallest absolute Gasteiger partial charge is 0.272 e. The number of anilines is 1. The second-order valence-corrected chi connectivity index (χ2v) is 6.11. The highest BCUT2D eigenvalue weighted by molar-refractivity contribution is 5.92. The zero-order valence-corrected chi connectivity index (χ0v) is 14.2. The lowest BCUT2D eigenvalue weighted by atomic mass is 10.3. The Labute approximate surface area is 149 Å². The molecule has 1 saturated heterocycles. The van der Waals surface area contributed by atoms with E-state index in [1.165, 1.54) is 10.7 Å². The Kier molecular flexibility index (Phi) is 4.30. The third-order valence-electron chi connectivity index (χ3n) is 4.47. The molecule has 8 heteroatoms. The number of aromatic nitrogens is 4. The van der Waals surface area contributed by atoms with E-state index in [1.54, 1.807) is 35.5 Å². The van der Waals surface area contributed by atoms with Gasteiger partial charge in [0.05, 0.1) is 0 Å². The third-order valence-corrected chi connectivity index (χ3v) is 4.47. The summed E-state index contributed by atoms with van der Waals surface area (Å²) in [5.74, 6) is 0.554. The van der Waals surface area contributed by atoms with Crippen LogP contribution >= 0.6 is 0 Å². The van der Waals surface area contributed by atoms with Crippen LogP contribution in [0.3, 0.4) is 0 Å². The molecule has 1 fully saturated rings. The Morgan fingerprint density at radius 2 is 2.00 bits per heavy atom. The maximum Gasteiger partial charge on any atom is 0.272 e. The molecule has 0 aromatic carbocycles. The van der Waals surface area contributed by atoms with Gasteiger partial charge in [-0.2, -0.15) is 0 Å². The second-order valence-electron chi connectivity index (χ2n) is 6.11. The first-order valence-corrected chi connectivity index (χ1v) is 8.51. The van der Waals surface area contributed by atoms with Gasteiger partial charge in [-0.15, -0.1) is 0 Å². The zero-order chi connectivity index (χ0) is 17.9. The number of nitrogens with zero attached hydrogens (tertiary/aromatic N) is 6. The van der Waals surface area contributed by atoms with Gasteiger partial charge in [0.15, 0.2) is 0 Å². The summed E-state index contributed by atoms with van der Waals surface area (Å²) < 4.78 is 1.52. The monoisotopic (exact) mass is 350 g/mol. The van der Waals surface area contributed by atoms with Crippen LogP contribution in [0.4, 0.5) is 5.82 Å². The molecule has 132 valence electrons. The summed E-state index contributed by atoms with van der Waals surface area (Å²) in [6, 6.07) is 8.65. The first kappa shape index (κ1) is 16.2. The lowest BCUT2D eigenvalue weighted by Gasteiger charge is -2.22. The number of hydrogen-bond donors (Lipinski definition) is 0. The van der Waals surface area contributed by atoms with E-state index in [0.717, 1.165) is 13.0 Å². The highest BCUT2D eigenvalue weighted by atomic mass is 16.2. The van der Waals surface area contributed by atoms with Crippen molar-refractivity contribution in [3.05, 3.63) is 65.1 Å². The van der Waals surface area contributed by atoms with Crippen LogP contribution in [0, 0.1) is 0 Å². The van der Waals surface area contributed by atoms with E-state index < -0.39 is 0 Å². The van der Waals surface area contributed by atoms with E-state index in [-0.39, 0.29) is 11.5 Å². The van der Waals surface area contributed by atoms with Gasteiger partial charge in [0.2, 0.25) is 0 Å². The average Bonchev–Trinajstić information content (AvgIpc) is 2.94. The fourth-order valence-electron chi connectivity index (χ4n) is 3.13. The quantitative estimate of drug-likeness (QED) is 0.681. The van der Waals surface area contributed by atoms with Gasteiger partial charge in [-0.3, -0.25) is 14.0 Å². The number of rotatable bonds is 2. The topological polar surface area (TPSA) is 83.7 Å². The largest absolute Gasteiger partial charge is 0.355 e. The molecule has 0 bridgehead atoms. The molecule has 3 aromatic heterocycles. The lowest BCUT2D eigenvalue weighted by molar-refractivity contribution is 0.0761. The molecule has 0 radical (unpaired) electrons. The number of pyridine rings is 1. The number of carbonyl (C=O) groups excluding carboxylic acids is 1. The Bertz CT molecular complexity index is 988. The highest BCUT2D eigenvalue weighted by Crippen LogP contribution is 2.14. The van der Waals surface area contributed by atoms with Gasteiger partial charge >= 0.3 is 0 Å². The molecular weight excluding hydrogens is 332 g/mol. The Balaban J connectivity index is 1.54. The van der Waals surface area contributed by atoms with Crippen LogP contribution < -0.4 is 10.5 Å². The standard InChI is InChI=1S/C18H18N6O2/c25-17-12-16(21-15-4-1-2-9-24(15)17)22-7-3-8-23(11-10-22)18(26)14-5-6-19-13-20-14/h1-2,4-6,9,12-13H,3,7-8,10-11H2. The van der Waals surface area contributed by atoms with Crippen molar-refractivity contribution in [2.24, 2.45) is 0 Å². The molecular formula is C18H18N6O2. The molecule has 1 aliphatic rings. The van der Waals surface area contributed by atoms with Crippen molar-refractivity contribution in [1.29, 1.82) is 0 Å². The summed E-state index contributed by atoms with van der Waals surface area (Å²) in [6.45, 7) is 2.56. The summed E-state index contributed by atoms with van der Waals surface area (Å²) in [7, 11) is 0. The van der Waals surface area contributed by atoms with Crippen LogP contribution in [-0.4, -0.2) is 56.3 Å². The molecule has 0 aliphatic carbocycles. The summed E-state index contributed by atoms with van der Waals surface area (Å²) in [5, 5.41) is 0. The van der Waals surface area contributed by atoms with E-state index in [1.807, 2.05) is 12.1 Å². The van der Waals surface area contributed by atoms with Crippen LogP contribution in [0.25, 0.3) is 5.65 Å². The molecule has 8 nitrogen and oxygen atoms in total. The molecule has 0 saturated carbocycles. The van der Waals surface area contributed by atoms with Crippen LogP contribution in [-0.2, 0) is 0 Å². The molecule has 1 amide bonds. The fourth-order valence-corrected chi connectivity index (χ4v) is 3.13. The molecule has 4 rings (SSSR count). The van der Waals surface area contributed by atoms with E-state index in [9.17, 15) is 9.59 Å². The molecule has 3 aromatic rings. The minimum atomic E-state index is -0.108. The van der Waals surface area contributed by atoms with E-state index in [2.05, 4.69) is 19.9 Å². The molecule has 1 aliphatic heterocycles. The predicted molar refractivity (Wildman–Crippen MR) is 96.2 cm³/mol. The summed E-state index contributed by atoms with van der Waals surface area (Å²) >= 11 is 0. The van der Waals surface area contributed by atoms with Gasteiger partial charge in [0, 0.05) is 44.6 Å². The van der Waals surface area contributed by atoms with E-state index in [4.69, 9.17) is 0 Å². The average molecular weight is 350 g/mol. The first-order chi connectivity index (χ1) is 12.7. The maximum absolute atomic E-state index is 12.6. The second kappa shape index (κ2) is 6.91. The SMILES string of the molecule is O=C(c1ccncn1)N1CCCN(c2cc(=O)n3ccccc3n2)CC1. The van der Waals surface area contributed by atoms with Gasteiger partial charge in [-0.05, 0) is 24.6 Å². The van der Waals surface area contributed by atoms with Gasteiger partial charge in [0.25, 0.3) is 11.5 Å². The predicted octanol–water partition coefficient (Wildman–Crippen LogP) is 0.837. The molecule has 4 heterocycles. The summed E-state index contributed by atoms with van der Waals surface area (Å²) in [4.78, 5) is 41.2. The lowest BCUT2D eigenvalue weighted by Crippen LogP contribution is -2.36. The van der Waals surface area contributed by atoms with Gasteiger partial charge in [-0.25, -0.2) is 15.0 Å². The van der Waals surface area contributed by atoms with Crippen molar-refractivity contribution >= 4 is 17.4 Å². The first-order valence-electron chi connectivity index (χ1n) is 8.51. The molecule has 26 heavy (non-hydrogen) atoms. The van der Waals surface area contributed by atoms with Crippen molar-refractivity contribution < 1.29 is 4.79 Å². The van der Waals surface area contributed by atoms with Gasteiger partial charge in [-0.1, -0.05) is 6.07 Å². The van der Waals surface area contributed by atoms with Crippen molar-refractivity contribution in [1.82, 2.24) is 24.3 Å². The van der Waals surface area contributed by atoms with Crippen molar-refractivity contribution in [2.45, 2.75) is 6.42 Å². The number of amides is 1. The molecule has 0 atom stereocenters. The molecule has 0 N–H and O–H groups in total. The minimum Gasteiger partial charge on any atom is -0.355 e. The van der Waals surface area contributed by atoms with E-state index in [0.29, 0.717) is 36.8 Å². The molecule has 0 spiro atoms. The molecule has 0 unspecified atom stereocenters. The third kappa shape index (κ3) is 3.13. The van der Waals surface area contributed by atoms with Crippen LogP contribution in [0.2, 0.25) is 0 Å². The zero-order valence-electron chi connectivity index (χ0n) is 14.2. The summed E-state index contributed by atoms with van der Waals surface area (Å²) in [6.07, 6.45) is 5.45. The fraction of sp³-hybridized carbons (Fsp3) is 0.278. The van der Waals surface area contributed by atoms with E-state index >= 15 is 0 Å². The minimum absolute atomic E-state index is 0.0965.